The van der Waals surface area contributed by atoms with Crippen LogP contribution in [0.15, 0.2) is 176 Å². The van der Waals surface area contributed by atoms with Crippen molar-refractivity contribution in [1.29, 1.82) is 0 Å². The number of aryl methyl sites for hydroxylation is 1. The van der Waals surface area contributed by atoms with Gasteiger partial charge in [0.25, 0.3) is 0 Å². The number of rotatable bonds is 11. The van der Waals surface area contributed by atoms with Crippen molar-refractivity contribution in [2.75, 3.05) is 0 Å². The Hall–Kier alpha value is -6.53. The average molecular weight is 743 g/mol. The third-order valence-electron chi connectivity index (χ3n) is 10.2. The summed E-state index contributed by atoms with van der Waals surface area (Å²) in [6.45, 7) is 8.21. The van der Waals surface area contributed by atoms with E-state index >= 15 is 0 Å². The highest BCUT2D eigenvalue weighted by Crippen LogP contribution is 2.39. The lowest BCUT2D eigenvalue weighted by atomic mass is 9.96. The predicted octanol–water partition coefficient (Wildman–Crippen LogP) is 13.4. The quantitative estimate of drug-likeness (QED) is 0.134. The second-order valence-corrected chi connectivity index (χ2v) is 14.8. The topological polar surface area (TPSA) is 64.7 Å². The van der Waals surface area contributed by atoms with Crippen LogP contribution in [-0.4, -0.2) is 15.0 Å². The summed E-state index contributed by atoms with van der Waals surface area (Å²) in [6, 6.07) is 52.3. The minimum absolute atomic E-state index is 0.270. The fourth-order valence-electron chi connectivity index (χ4n) is 7.12. The molecule has 0 aliphatic heterocycles. The fourth-order valence-corrected chi connectivity index (χ4v) is 8.27. The number of aromatic nitrogens is 3. The molecule has 6 aromatic carbocycles. The van der Waals surface area contributed by atoms with Gasteiger partial charge in [0, 0.05) is 37.7 Å². The Balaban J connectivity index is 1.11. The minimum Gasteiger partial charge on any atom is -0.321 e. The predicted molar refractivity (Wildman–Crippen MR) is 238 cm³/mol. The van der Waals surface area contributed by atoms with E-state index in [1.54, 1.807) is 11.3 Å². The van der Waals surface area contributed by atoms with Crippen molar-refractivity contribution in [2.45, 2.75) is 26.3 Å². The van der Waals surface area contributed by atoms with Crippen LogP contribution in [-0.2, 0) is 0 Å². The van der Waals surface area contributed by atoms with E-state index < -0.39 is 0 Å². The number of hydrogen-bond donors (Lipinski definition) is 1. The molecular formula is C51H42N4S. The molecule has 0 amide bonds. The first-order chi connectivity index (χ1) is 27.5. The largest absolute Gasteiger partial charge is 0.321 e. The van der Waals surface area contributed by atoms with E-state index in [1.807, 2.05) is 42.5 Å². The van der Waals surface area contributed by atoms with Gasteiger partial charge in [-0.1, -0.05) is 171 Å². The molecule has 56 heavy (non-hydrogen) atoms. The van der Waals surface area contributed by atoms with Crippen LogP contribution < -0.4 is 5.73 Å². The third kappa shape index (κ3) is 7.69. The maximum absolute atomic E-state index is 6.83. The lowest BCUT2D eigenvalue weighted by molar-refractivity contribution is 0.917. The van der Waals surface area contributed by atoms with Crippen molar-refractivity contribution in [3.8, 4) is 56.4 Å². The Morgan fingerprint density at radius 2 is 1.20 bits per heavy atom. The molecular weight excluding hydrogens is 701 g/mol. The van der Waals surface area contributed by atoms with Crippen LogP contribution in [0.4, 0.5) is 0 Å². The van der Waals surface area contributed by atoms with E-state index in [4.69, 9.17) is 20.7 Å². The van der Waals surface area contributed by atoms with Gasteiger partial charge in [-0.3, -0.25) is 0 Å². The standard InChI is InChI=1S/C51H42N4S/c1-4-14-35(5-2)37-23-25-39(26-24-37)42-19-12-20-43(33-42)45(52)31-32-46-34(3)48-44(21-13-22-47(48)56-46)51-54-49(40-17-10-7-11-18-40)53-50(55-51)41-29-27-38(28-30-41)36-15-8-6-9-16-36/h4,6-33,45H,1,5,52H2,2-3H3/b32-31-,35-14+. The van der Waals surface area contributed by atoms with Gasteiger partial charge in [-0.05, 0) is 76.1 Å². The number of hydrogen-bond acceptors (Lipinski definition) is 5. The highest BCUT2D eigenvalue weighted by molar-refractivity contribution is 7.20. The van der Waals surface area contributed by atoms with Crippen molar-refractivity contribution in [3.63, 3.8) is 0 Å². The number of fused-ring (bicyclic) bond motifs is 1. The summed E-state index contributed by atoms with van der Waals surface area (Å²) in [7, 11) is 0. The Morgan fingerprint density at radius 3 is 1.88 bits per heavy atom. The number of nitrogens with two attached hydrogens (primary N) is 1. The van der Waals surface area contributed by atoms with E-state index in [0.29, 0.717) is 17.5 Å². The van der Waals surface area contributed by atoms with Crippen LogP contribution in [0.25, 0.3) is 78.2 Å². The number of allylic oxidation sites excluding steroid dienone is 3. The SMILES string of the molecule is C=C/C=C(\CC)c1ccc(-c2cccc(C(N)/C=C\c3sc4cccc(-c5nc(-c6ccccc6)nc(-c6ccc(-c7ccccc7)cc6)n5)c4c3C)c2)cc1. The Kier molecular flexibility index (Phi) is 10.7. The van der Waals surface area contributed by atoms with E-state index in [-0.39, 0.29) is 6.04 Å². The third-order valence-corrected chi connectivity index (χ3v) is 11.4. The Bertz CT molecular complexity index is 2690. The first kappa shape index (κ1) is 36.4. The molecule has 8 rings (SSSR count). The van der Waals surface area contributed by atoms with Gasteiger partial charge in [-0.2, -0.15) is 0 Å². The molecule has 0 saturated heterocycles. The summed E-state index contributed by atoms with van der Waals surface area (Å²) in [5.41, 5.74) is 19.0. The zero-order chi connectivity index (χ0) is 38.4. The molecule has 0 radical (unpaired) electrons. The summed E-state index contributed by atoms with van der Waals surface area (Å²) >= 11 is 1.76. The molecule has 0 bridgehead atoms. The van der Waals surface area contributed by atoms with Crippen LogP contribution in [0.2, 0.25) is 0 Å². The van der Waals surface area contributed by atoms with Crippen LogP contribution in [0.1, 0.15) is 41.0 Å². The Morgan fingerprint density at radius 1 is 0.643 bits per heavy atom. The van der Waals surface area contributed by atoms with Gasteiger partial charge in [0.05, 0.1) is 0 Å². The second kappa shape index (κ2) is 16.5. The van der Waals surface area contributed by atoms with Crippen LogP contribution in [0, 0.1) is 6.92 Å². The summed E-state index contributed by atoms with van der Waals surface area (Å²) < 4.78 is 1.17. The number of nitrogens with zero attached hydrogens (tertiary/aromatic N) is 3. The maximum atomic E-state index is 6.83. The van der Waals surface area contributed by atoms with Gasteiger partial charge in [-0.15, -0.1) is 11.3 Å². The van der Waals surface area contributed by atoms with Gasteiger partial charge in [0.15, 0.2) is 17.5 Å². The molecule has 4 nitrogen and oxygen atoms in total. The van der Waals surface area contributed by atoms with Crippen molar-refractivity contribution in [2.24, 2.45) is 5.73 Å². The van der Waals surface area contributed by atoms with Crippen molar-refractivity contribution in [1.82, 2.24) is 15.0 Å². The first-order valence-corrected chi connectivity index (χ1v) is 19.8. The summed E-state index contributed by atoms with van der Waals surface area (Å²) in [4.78, 5) is 16.3. The normalized spacial score (nSPS) is 12.3. The molecule has 2 aromatic heterocycles. The highest BCUT2D eigenvalue weighted by Gasteiger charge is 2.18. The minimum atomic E-state index is -0.270. The Labute approximate surface area is 333 Å². The summed E-state index contributed by atoms with van der Waals surface area (Å²) in [5.74, 6) is 1.92. The molecule has 272 valence electrons. The zero-order valence-corrected chi connectivity index (χ0v) is 32.4. The second-order valence-electron chi connectivity index (χ2n) is 13.8. The molecule has 2 heterocycles. The summed E-state index contributed by atoms with van der Waals surface area (Å²) in [5, 5.41) is 1.14. The molecule has 2 N–H and O–H groups in total. The average Bonchev–Trinajstić information content (AvgIpc) is 3.60. The van der Waals surface area contributed by atoms with Crippen molar-refractivity contribution >= 4 is 33.1 Å². The van der Waals surface area contributed by atoms with Gasteiger partial charge >= 0.3 is 0 Å². The molecule has 1 unspecified atom stereocenters. The van der Waals surface area contributed by atoms with Gasteiger partial charge in [0.2, 0.25) is 0 Å². The maximum Gasteiger partial charge on any atom is 0.164 e. The van der Waals surface area contributed by atoms with Crippen LogP contribution >= 0.6 is 11.3 Å². The zero-order valence-electron chi connectivity index (χ0n) is 31.6. The van der Waals surface area contributed by atoms with E-state index in [9.17, 15) is 0 Å². The van der Waals surface area contributed by atoms with Gasteiger partial charge in [0.1, 0.15) is 0 Å². The molecule has 5 heteroatoms. The molecule has 0 saturated carbocycles. The molecule has 0 spiro atoms. The van der Waals surface area contributed by atoms with Gasteiger partial charge < -0.3 is 5.73 Å². The van der Waals surface area contributed by atoms with Crippen molar-refractivity contribution in [3.05, 3.63) is 198 Å². The molecule has 8 aromatic rings. The van der Waals surface area contributed by atoms with Gasteiger partial charge in [-0.25, -0.2) is 15.0 Å². The van der Waals surface area contributed by atoms with E-state index in [0.717, 1.165) is 55.6 Å². The number of benzene rings is 6. The highest BCUT2D eigenvalue weighted by atomic mass is 32.1. The monoisotopic (exact) mass is 742 g/mol. The molecule has 0 aliphatic rings. The smallest absolute Gasteiger partial charge is 0.164 e. The fraction of sp³-hybridized carbons (Fsp3) is 0.0784. The first-order valence-electron chi connectivity index (χ1n) is 18.9. The van der Waals surface area contributed by atoms with E-state index in [1.165, 1.54) is 27.0 Å². The molecule has 0 fully saturated rings. The molecule has 0 aliphatic carbocycles. The van der Waals surface area contributed by atoms with Crippen molar-refractivity contribution < 1.29 is 0 Å². The molecule has 1 atom stereocenters. The lowest BCUT2D eigenvalue weighted by Gasteiger charge is -2.11. The van der Waals surface area contributed by atoms with E-state index in [2.05, 4.69) is 154 Å². The lowest BCUT2D eigenvalue weighted by Crippen LogP contribution is -2.06. The number of thiophene rings is 1. The summed E-state index contributed by atoms with van der Waals surface area (Å²) in [6.07, 6.45) is 9.15. The van der Waals surface area contributed by atoms with Crippen LogP contribution in [0.3, 0.4) is 0 Å². The van der Waals surface area contributed by atoms with Crippen LogP contribution in [0.5, 0.6) is 0 Å².